The summed E-state index contributed by atoms with van der Waals surface area (Å²) in [6, 6.07) is 9.33. The minimum atomic E-state index is -0.0238. The number of benzene rings is 1. The Morgan fingerprint density at radius 2 is 1.61 bits per heavy atom. The Morgan fingerprint density at radius 3 is 2.18 bits per heavy atom. The fourth-order valence-corrected chi connectivity index (χ4v) is 3.37. The van der Waals surface area contributed by atoms with Crippen molar-refractivity contribution in [3.05, 3.63) is 48.3 Å². The van der Waals surface area contributed by atoms with Crippen LogP contribution in [0.25, 0.3) is 11.1 Å². The van der Waals surface area contributed by atoms with Crippen molar-refractivity contribution < 1.29 is 9.59 Å². The van der Waals surface area contributed by atoms with Gasteiger partial charge < -0.3 is 15.5 Å². The number of nitrogens with two attached hydrogens (primary N) is 1. The number of carbonyl (C=O) groups excluding carboxylic acids is 2. The Bertz CT molecular complexity index is 848. The van der Waals surface area contributed by atoms with Gasteiger partial charge in [-0.15, -0.1) is 0 Å². The molecule has 2 amide bonds. The number of rotatable bonds is 3. The van der Waals surface area contributed by atoms with Gasteiger partial charge in [-0.3, -0.25) is 14.6 Å². The highest BCUT2D eigenvalue weighted by Gasteiger charge is 2.27. The summed E-state index contributed by atoms with van der Waals surface area (Å²) in [7, 11) is 0. The molecule has 2 heterocycles. The zero-order valence-corrected chi connectivity index (χ0v) is 16.8. The molecular weight excluding hydrogens is 352 g/mol. The monoisotopic (exact) mass is 380 g/mol. The van der Waals surface area contributed by atoms with Gasteiger partial charge in [-0.2, -0.15) is 0 Å². The van der Waals surface area contributed by atoms with E-state index in [2.05, 4.69) is 25.8 Å². The van der Waals surface area contributed by atoms with Crippen LogP contribution in [-0.2, 0) is 4.79 Å². The molecule has 1 aromatic heterocycles. The van der Waals surface area contributed by atoms with Gasteiger partial charge in [0, 0.05) is 49.9 Å². The van der Waals surface area contributed by atoms with E-state index in [1.807, 2.05) is 40.1 Å². The zero-order chi connectivity index (χ0) is 20.3. The molecule has 0 saturated carbocycles. The Labute approximate surface area is 166 Å². The van der Waals surface area contributed by atoms with Gasteiger partial charge >= 0.3 is 0 Å². The van der Waals surface area contributed by atoms with Crippen LogP contribution in [0, 0.1) is 5.41 Å². The zero-order valence-electron chi connectivity index (χ0n) is 16.8. The molecule has 148 valence electrons. The van der Waals surface area contributed by atoms with Crippen molar-refractivity contribution >= 4 is 17.5 Å². The smallest absolute Gasteiger partial charge is 0.253 e. The third-order valence-corrected chi connectivity index (χ3v) is 4.90. The molecule has 3 rings (SSSR count). The van der Waals surface area contributed by atoms with Crippen LogP contribution in [0.5, 0.6) is 0 Å². The van der Waals surface area contributed by atoms with Crippen molar-refractivity contribution in [2.45, 2.75) is 27.2 Å². The van der Waals surface area contributed by atoms with Crippen LogP contribution in [0.1, 0.15) is 37.6 Å². The fourth-order valence-electron chi connectivity index (χ4n) is 3.37. The number of aromatic nitrogens is 1. The SMILES string of the molecule is CC(C)(C)CC(=O)N1CCN(C(=O)c2ccc(-c3ccncc3N)cc2)CC1. The minimum Gasteiger partial charge on any atom is -0.397 e. The second kappa shape index (κ2) is 8.00. The Hall–Kier alpha value is -2.89. The number of amides is 2. The summed E-state index contributed by atoms with van der Waals surface area (Å²) < 4.78 is 0. The summed E-state index contributed by atoms with van der Waals surface area (Å²) in [5.41, 5.74) is 9.06. The van der Waals surface area contributed by atoms with Crippen molar-refractivity contribution in [1.82, 2.24) is 14.8 Å². The van der Waals surface area contributed by atoms with Crippen molar-refractivity contribution in [3.8, 4) is 11.1 Å². The van der Waals surface area contributed by atoms with Crippen LogP contribution < -0.4 is 5.73 Å². The lowest BCUT2D eigenvalue weighted by Crippen LogP contribution is -2.51. The first kappa shape index (κ1) is 19.9. The molecule has 0 aliphatic carbocycles. The number of hydrogen-bond donors (Lipinski definition) is 1. The van der Waals surface area contributed by atoms with Gasteiger partial charge in [0.1, 0.15) is 0 Å². The van der Waals surface area contributed by atoms with Gasteiger partial charge in [0.15, 0.2) is 0 Å². The predicted molar refractivity (Wildman–Crippen MR) is 111 cm³/mol. The molecule has 1 aliphatic heterocycles. The number of piperazine rings is 1. The molecule has 1 saturated heterocycles. The van der Waals surface area contributed by atoms with E-state index in [-0.39, 0.29) is 17.2 Å². The first-order valence-corrected chi connectivity index (χ1v) is 9.61. The molecule has 1 fully saturated rings. The number of nitrogen functional groups attached to an aromatic ring is 1. The van der Waals surface area contributed by atoms with E-state index in [9.17, 15) is 9.59 Å². The highest BCUT2D eigenvalue weighted by Crippen LogP contribution is 2.25. The number of anilines is 1. The number of carbonyl (C=O) groups is 2. The van der Waals surface area contributed by atoms with E-state index < -0.39 is 0 Å². The largest absolute Gasteiger partial charge is 0.397 e. The number of nitrogens with zero attached hydrogens (tertiary/aromatic N) is 3. The predicted octanol–water partition coefficient (Wildman–Crippen LogP) is 3.05. The van der Waals surface area contributed by atoms with Crippen LogP contribution in [0.4, 0.5) is 5.69 Å². The van der Waals surface area contributed by atoms with E-state index in [4.69, 9.17) is 5.73 Å². The van der Waals surface area contributed by atoms with Crippen LogP contribution in [0.2, 0.25) is 0 Å². The van der Waals surface area contributed by atoms with Gasteiger partial charge in [0.25, 0.3) is 5.91 Å². The fraction of sp³-hybridized carbons (Fsp3) is 0.409. The average molecular weight is 380 g/mol. The Morgan fingerprint density at radius 1 is 1.00 bits per heavy atom. The topological polar surface area (TPSA) is 79.5 Å². The summed E-state index contributed by atoms with van der Waals surface area (Å²) in [6.07, 6.45) is 3.85. The second-order valence-corrected chi connectivity index (χ2v) is 8.45. The van der Waals surface area contributed by atoms with E-state index in [1.165, 1.54) is 0 Å². The Kier molecular flexibility index (Phi) is 5.68. The molecule has 28 heavy (non-hydrogen) atoms. The number of hydrogen-bond acceptors (Lipinski definition) is 4. The number of pyridine rings is 1. The highest BCUT2D eigenvalue weighted by atomic mass is 16.2. The first-order valence-electron chi connectivity index (χ1n) is 9.61. The standard InChI is InChI=1S/C22H28N4O2/c1-22(2,3)14-20(27)25-10-12-26(13-11-25)21(28)17-6-4-16(5-7-17)18-8-9-24-15-19(18)23/h4-9,15H,10-14,23H2,1-3H3. The highest BCUT2D eigenvalue weighted by molar-refractivity contribution is 5.95. The summed E-state index contributed by atoms with van der Waals surface area (Å²) in [5, 5.41) is 0. The van der Waals surface area contributed by atoms with Crippen LogP contribution in [0.3, 0.4) is 0 Å². The summed E-state index contributed by atoms with van der Waals surface area (Å²) in [4.78, 5) is 32.9. The Balaban J connectivity index is 1.61. The van der Waals surface area contributed by atoms with Gasteiger partial charge in [0.05, 0.1) is 11.9 Å². The normalized spacial score (nSPS) is 14.8. The molecule has 0 spiro atoms. The molecule has 1 aromatic carbocycles. The molecule has 2 N–H and O–H groups in total. The van der Waals surface area contributed by atoms with Crippen LogP contribution >= 0.6 is 0 Å². The third kappa shape index (κ3) is 4.68. The van der Waals surface area contributed by atoms with Gasteiger partial charge in [-0.1, -0.05) is 32.9 Å². The molecule has 6 nitrogen and oxygen atoms in total. The summed E-state index contributed by atoms with van der Waals surface area (Å²) in [6.45, 7) is 8.50. The molecule has 0 bridgehead atoms. The van der Waals surface area contributed by atoms with E-state index in [0.717, 1.165) is 11.1 Å². The first-order chi connectivity index (χ1) is 13.2. The lowest BCUT2D eigenvalue weighted by atomic mass is 9.91. The van der Waals surface area contributed by atoms with E-state index >= 15 is 0 Å². The third-order valence-electron chi connectivity index (χ3n) is 4.90. The summed E-state index contributed by atoms with van der Waals surface area (Å²) >= 11 is 0. The average Bonchev–Trinajstić information content (AvgIpc) is 2.67. The maximum absolute atomic E-state index is 12.8. The van der Waals surface area contributed by atoms with Crippen molar-refractivity contribution in [1.29, 1.82) is 0 Å². The van der Waals surface area contributed by atoms with Gasteiger partial charge in [-0.25, -0.2) is 0 Å². The molecule has 0 atom stereocenters. The molecule has 2 aromatic rings. The van der Waals surface area contributed by atoms with Crippen molar-refractivity contribution in [2.24, 2.45) is 5.41 Å². The lowest BCUT2D eigenvalue weighted by Gasteiger charge is -2.36. The molecular formula is C22H28N4O2. The lowest BCUT2D eigenvalue weighted by molar-refractivity contribution is -0.134. The quantitative estimate of drug-likeness (QED) is 0.888. The van der Waals surface area contributed by atoms with Crippen molar-refractivity contribution in [3.63, 3.8) is 0 Å². The van der Waals surface area contributed by atoms with Gasteiger partial charge in [0.2, 0.25) is 5.91 Å². The second-order valence-electron chi connectivity index (χ2n) is 8.45. The molecule has 1 aliphatic rings. The van der Waals surface area contributed by atoms with Gasteiger partial charge in [-0.05, 0) is 29.2 Å². The molecule has 6 heteroatoms. The minimum absolute atomic E-state index is 0.00262. The van der Waals surface area contributed by atoms with E-state index in [0.29, 0.717) is 43.9 Å². The maximum Gasteiger partial charge on any atom is 0.253 e. The van der Waals surface area contributed by atoms with E-state index in [1.54, 1.807) is 12.4 Å². The maximum atomic E-state index is 12.8. The van der Waals surface area contributed by atoms with Crippen LogP contribution in [-0.4, -0.2) is 52.8 Å². The molecule has 0 unspecified atom stereocenters. The molecule has 0 radical (unpaired) electrons. The van der Waals surface area contributed by atoms with Crippen molar-refractivity contribution in [2.75, 3.05) is 31.9 Å². The summed E-state index contributed by atoms with van der Waals surface area (Å²) in [5.74, 6) is 0.163. The van der Waals surface area contributed by atoms with Crippen LogP contribution in [0.15, 0.2) is 42.7 Å².